The highest BCUT2D eigenvalue weighted by atomic mass is 16.5. The van der Waals surface area contributed by atoms with Crippen LogP contribution in [0.25, 0.3) is 0 Å². The zero-order valence-electron chi connectivity index (χ0n) is 26.1. The van der Waals surface area contributed by atoms with Crippen molar-refractivity contribution in [2.45, 2.75) is 70.4 Å². The molecule has 230 valence electrons. The van der Waals surface area contributed by atoms with E-state index < -0.39 is 0 Å². The van der Waals surface area contributed by atoms with Crippen molar-refractivity contribution < 1.29 is 23.7 Å². The number of fused-ring (bicyclic) bond motifs is 2. The largest absolute Gasteiger partial charge is 0.493 e. The maximum Gasteiger partial charge on any atom is 0.234 e. The minimum atomic E-state index is -0.0267. The molecule has 7 nitrogen and oxygen atoms in total. The molecule has 5 rings (SSSR count). The van der Waals surface area contributed by atoms with Gasteiger partial charge in [0, 0.05) is 6.04 Å². The number of nitrogens with one attached hydrogen (secondary N) is 1. The molecule has 2 unspecified atom stereocenters. The highest BCUT2D eigenvalue weighted by molar-refractivity contribution is 5.79. The van der Waals surface area contributed by atoms with Gasteiger partial charge in [0.15, 0.2) is 23.0 Å². The van der Waals surface area contributed by atoms with Gasteiger partial charge >= 0.3 is 0 Å². The van der Waals surface area contributed by atoms with Crippen molar-refractivity contribution in [3.05, 3.63) is 82.4 Å². The lowest BCUT2D eigenvalue weighted by atomic mass is 9.92. The first kappa shape index (κ1) is 30.7. The minimum absolute atomic E-state index is 0.0267. The van der Waals surface area contributed by atoms with Gasteiger partial charge in [0.2, 0.25) is 5.91 Å². The van der Waals surface area contributed by atoms with E-state index in [1.54, 1.807) is 21.3 Å². The summed E-state index contributed by atoms with van der Waals surface area (Å²) in [5, 5.41) is 3.35. The first-order valence-electron chi connectivity index (χ1n) is 15.7. The summed E-state index contributed by atoms with van der Waals surface area (Å²) in [5.41, 5.74) is 6.14. The normalized spacial score (nSPS) is 17.9. The zero-order chi connectivity index (χ0) is 30.2. The van der Waals surface area contributed by atoms with Crippen LogP contribution in [0.3, 0.4) is 0 Å². The number of unbranched alkanes of at least 4 members (excludes halogenated alkanes) is 2. The van der Waals surface area contributed by atoms with E-state index in [1.807, 2.05) is 12.1 Å². The smallest absolute Gasteiger partial charge is 0.234 e. The second kappa shape index (κ2) is 14.6. The van der Waals surface area contributed by atoms with Crippen LogP contribution in [-0.2, 0) is 24.1 Å². The first-order chi connectivity index (χ1) is 21.0. The van der Waals surface area contributed by atoms with E-state index in [4.69, 9.17) is 18.9 Å². The molecule has 43 heavy (non-hydrogen) atoms. The van der Waals surface area contributed by atoms with Crippen molar-refractivity contribution in [3.8, 4) is 23.0 Å². The standard InChI is InChI=1S/C36H46N2O5/c1-5-6-9-19-43-35-23-29-27(22-34(35)42-4)12-10-18-38(31(29)20-25-14-17-32(40-2)33(21-25)41-3)24-36(39)37-30-16-15-26-11-7-8-13-28(26)30/h7-8,11,13-14,17,21-23,30-31H,5-6,9-10,12,15-16,18-20,24H2,1-4H3,(H,37,39). The number of amides is 1. The molecule has 0 bridgehead atoms. The molecular weight excluding hydrogens is 540 g/mol. The van der Waals surface area contributed by atoms with E-state index in [-0.39, 0.29) is 18.0 Å². The van der Waals surface area contributed by atoms with Crippen molar-refractivity contribution in [2.24, 2.45) is 0 Å². The average molecular weight is 587 g/mol. The number of benzene rings is 3. The van der Waals surface area contributed by atoms with Crippen LogP contribution in [-0.4, -0.2) is 51.8 Å². The van der Waals surface area contributed by atoms with Crippen molar-refractivity contribution in [1.29, 1.82) is 0 Å². The number of carbonyl (C=O) groups excluding carboxylic acids is 1. The van der Waals surface area contributed by atoms with Gasteiger partial charge in [0.25, 0.3) is 0 Å². The molecule has 1 aliphatic carbocycles. The molecule has 2 aliphatic rings. The van der Waals surface area contributed by atoms with Gasteiger partial charge in [-0.3, -0.25) is 9.69 Å². The van der Waals surface area contributed by atoms with Gasteiger partial charge < -0.3 is 24.3 Å². The Morgan fingerprint density at radius 3 is 2.44 bits per heavy atom. The van der Waals surface area contributed by atoms with Gasteiger partial charge in [-0.2, -0.15) is 0 Å². The van der Waals surface area contributed by atoms with Gasteiger partial charge in [-0.15, -0.1) is 0 Å². The molecule has 1 amide bonds. The highest BCUT2D eigenvalue weighted by Crippen LogP contribution is 2.40. The maximum absolute atomic E-state index is 13.6. The van der Waals surface area contributed by atoms with Gasteiger partial charge in [-0.25, -0.2) is 0 Å². The molecule has 7 heteroatoms. The highest BCUT2D eigenvalue weighted by Gasteiger charge is 2.31. The second-order valence-electron chi connectivity index (χ2n) is 11.6. The topological polar surface area (TPSA) is 69.3 Å². The Bertz CT molecular complexity index is 1390. The van der Waals surface area contributed by atoms with Crippen molar-refractivity contribution >= 4 is 5.91 Å². The van der Waals surface area contributed by atoms with Gasteiger partial charge in [0.05, 0.1) is 40.5 Å². The van der Waals surface area contributed by atoms with E-state index in [0.29, 0.717) is 31.1 Å². The number of rotatable bonds is 13. The third-order valence-electron chi connectivity index (χ3n) is 8.81. The van der Waals surface area contributed by atoms with E-state index >= 15 is 0 Å². The van der Waals surface area contributed by atoms with Crippen molar-refractivity contribution in [1.82, 2.24) is 10.2 Å². The predicted molar refractivity (Wildman–Crippen MR) is 170 cm³/mol. The third kappa shape index (κ3) is 7.27. The van der Waals surface area contributed by atoms with Gasteiger partial charge in [-0.05, 0) is 97.2 Å². The lowest BCUT2D eigenvalue weighted by molar-refractivity contribution is -0.123. The fraction of sp³-hybridized carbons (Fsp3) is 0.472. The fourth-order valence-electron chi connectivity index (χ4n) is 6.57. The van der Waals surface area contributed by atoms with E-state index in [0.717, 1.165) is 68.6 Å². The van der Waals surface area contributed by atoms with E-state index in [1.165, 1.54) is 22.3 Å². The quantitative estimate of drug-likeness (QED) is 0.227. The number of aryl methyl sites for hydroxylation is 2. The van der Waals surface area contributed by atoms with Crippen molar-refractivity contribution in [3.63, 3.8) is 0 Å². The molecule has 0 fully saturated rings. The van der Waals surface area contributed by atoms with Crippen LogP contribution in [0, 0.1) is 0 Å². The van der Waals surface area contributed by atoms with Crippen LogP contribution >= 0.6 is 0 Å². The van der Waals surface area contributed by atoms with E-state index in [9.17, 15) is 4.79 Å². The molecule has 3 aromatic rings. The molecule has 0 spiro atoms. The van der Waals surface area contributed by atoms with Crippen molar-refractivity contribution in [2.75, 3.05) is 41.0 Å². The number of hydrogen-bond donors (Lipinski definition) is 1. The SMILES string of the molecule is CCCCCOc1cc2c(cc1OC)CCCN(CC(=O)NC1CCc3ccccc31)C2Cc1ccc(OC)c(OC)c1. The van der Waals surface area contributed by atoms with Gasteiger partial charge in [0.1, 0.15) is 0 Å². The Morgan fingerprint density at radius 2 is 1.65 bits per heavy atom. The van der Waals surface area contributed by atoms with Crippen LogP contribution in [0.15, 0.2) is 54.6 Å². The lowest BCUT2D eigenvalue weighted by Gasteiger charge is -2.32. The molecule has 1 heterocycles. The van der Waals surface area contributed by atoms with Crippen LogP contribution in [0.2, 0.25) is 0 Å². The molecule has 0 aromatic heterocycles. The Balaban J connectivity index is 1.45. The molecule has 0 saturated heterocycles. The van der Waals surface area contributed by atoms with Crippen LogP contribution < -0.4 is 24.3 Å². The zero-order valence-corrected chi connectivity index (χ0v) is 26.1. The molecule has 0 saturated carbocycles. The molecule has 1 aliphatic heterocycles. The summed E-state index contributed by atoms with van der Waals surface area (Å²) < 4.78 is 23.2. The average Bonchev–Trinajstić information content (AvgIpc) is 3.36. The maximum atomic E-state index is 13.6. The summed E-state index contributed by atoms with van der Waals surface area (Å²) >= 11 is 0. The van der Waals surface area contributed by atoms with Crippen LogP contribution in [0.1, 0.15) is 78.9 Å². The number of nitrogens with zero attached hydrogens (tertiary/aromatic N) is 1. The summed E-state index contributed by atoms with van der Waals surface area (Å²) in [4.78, 5) is 16.0. The number of carbonyl (C=O) groups is 1. The lowest BCUT2D eigenvalue weighted by Crippen LogP contribution is -2.41. The summed E-state index contributed by atoms with van der Waals surface area (Å²) in [7, 11) is 5.02. The Labute approximate surface area is 256 Å². The summed E-state index contributed by atoms with van der Waals surface area (Å²) in [6.07, 6.45) is 7.81. The fourth-order valence-corrected chi connectivity index (χ4v) is 6.57. The minimum Gasteiger partial charge on any atom is -0.493 e. The Kier molecular flexibility index (Phi) is 10.5. The number of methoxy groups -OCH3 is 3. The summed E-state index contributed by atoms with van der Waals surface area (Å²) in [6, 6.07) is 18.9. The first-order valence-corrected chi connectivity index (χ1v) is 15.7. The molecule has 3 aromatic carbocycles. The monoisotopic (exact) mass is 586 g/mol. The molecule has 0 radical (unpaired) electrons. The Morgan fingerprint density at radius 1 is 0.860 bits per heavy atom. The second-order valence-corrected chi connectivity index (χ2v) is 11.6. The number of hydrogen-bond acceptors (Lipinski definition) is 6. The molecular formula is C36H46N2O5. The molecule has 2 atom stereocenters. The summed E-state index contributed by atoms with van der Waals surface area (Å²) in [5.74, 6) is 3.00. The summed E-state index contributed by atoms with van der Waals surface area (Å²) in [6.45, 7) is 3.99. The molecule has 1 N–H and O–H groups in total. The van der Waals surface area contributed by atoms with E-state index in [2.05, 4.69) is 59.6 Å². The van der Waals surface area contributed by atoms with Crippen LogP contribution in [0.5, 0.6) is 23.0 Å². The van der Waals surface area contributed by atoms with Gasteiger partial charge in [-0.1, -0.05) is 50.1 Å². The third-order valence-corrected chi connectivity index (χ3v) is 8.81. The van der Waals surface area contributed by atoms with Crippen LogP contribution in [0.4, 0.5) is 0 Å². The Hall–Kier alpha value is -3.71. The number of ether oxygens (including phenoxy) is 4. The predicted octanol–water partition coefficient (Wildman–Crippen LogP) is 6.62.